The van der Waals surface area contributed by atoms with Gasteiger partial charge in [0.1, 0.15) is 11.0 Å². The lowest BCUT2D eigenvalue weighted by atomic mass is 10.2. The second kappa shape index (κ2) is 4.35. The van der Waals surface area contributed by atoms with Crippen molar-refractivity contribution in [3.8, 4) is 5.69 Å². The highest BCUT2D eigenvalue weighted by molar-refractivity contribution is 7.71. The van der Waals surface area contributed by atoms with Crippen molar-refractivity contribution >= 4 is 23.1 Å². The number of fused-ring (bicyclic) bond motifs is 1. The molecule has 3 heteroatoms. The van der Waals surface area contributed by atoms with Gasteiger partial charge in [0.05, 0.1) is 5.52 Å². The highest BCUT2D eigenvalue weighted by atomic mass is 32.1. The first kappa shape index (κ1) is 11.1. The molecule has 0 amide bonds. The van der Waals surface area contributed by atoms with E-state index in [2.05, 4.69) is 34.7 Å². The van der Waals surface area contributed by atoms with Crippen LogP contribution in [0.2, 0.25) is 0 Å². The lowest BCUT2D eigenvalue weighted by molar-refractivity contribution is 1.02. The standard InChI is InChI=1S/C15H12N2S/c1-11-6-2-4-8-13(11)17-10-16-15(18)12-7-3-5-9-14(12)17/h2-10H,1H3. The molecule has 2 aromatic carbocycles. The normalized spacial score (nSPS) is 10.7. The first-order valence-electron chi connectivity index (χ1n) is 5.80. The summed E-state index contributed by atoms with van der Waals surface area (Å²) >= 11 is 5.27. The molecule has 0 aliphatic carbocycles. The molecule has 0 unspecified atom stereocenters. The van der Waals surface area contributed by atoms with Crippen molar-refractivity contribution in [1.29, 1.82) is 0 Å². The fourth-order valence-corrected chi connectivity index (χ4v) is 2.35. The van der Waals surface area contributed by atoms with Gasteiger partial charge in [-0.15, -0.1) is 0 Å². The van der Waals surface area contributed by atoms with Crippen LogP contribution in [0.15, 0.2) is 54.9 Å². The van der Waals surface area contributed by atoms with E-state index in [1.807, 2.05) is 30.3 Å². The largest absolute Gasteiger partial charge is 0.300 e. The maximum atomic E-state index is 5.27. The first-order valence-corrected chi connectivity index (χ1v) is 6.20. The Morgan fingerprint density at radius 2 is 1.72 bits per heavy atom. The molecule has 3 rings (SSSR count). The Kier molecular flexibility index (Phi) is 2.68. The summed E-state index contributed by atoms with van der Waals surface area (Å²) in [5.74, 6) is 0. The maximum absolute atomic E-state index is 5.27. The number of rotatable bonds is 1. The van der Waals surface area contributed by atoms with Gasteiger partial charge in [-0.05, 0) is 30.7 Å². The van der Waals surface area contributed by atoms with Crippen LogP contribution in [0, 0.1) is 11.6 Å². The number of aryl methyl sites for hydroxylation is 1. The average Bonchev–Trinajstić information content (AvgIpc) is 2.41. The quantitative estimate of drug-likeness (QED) is 0.608. The minimum absolute atomic E-state index is 0.649. The molecular formula is C15H12N2S. The molecule has 0 fully saturated rings. The highest BCUT2D eigenvalue weighted by Gasteiger charge is 2.04. The van der Waals surface area contributed by atoms with Crippen LogP contribution in [0.3, 0.4) is 0 Å². The summed E-state index contributed by atoms with van der Waals surface area (Å²) in [4.78, 5) is 4.30. The van der Waals surface area contributed by atoms with E-state index in [1.165, 1.54) is 5.56 Å². The molecule has 0 aliphatic heterocycles. The third-order valence-corrected chi connectivity index (χ3v) is 3.38. The summed E-state index contributed by atoms with van der Waals surface area (Å²) in [7, 11) is 0. The van der Waals surface area contributed by atoms with Crippen LogP contribution in [0.25, 0.3) is 16.6 Å². The molecule has 1 aromatic heterocycles. The van der Waals surface area contributed by atoms with Gasteiger partial charge in [0.15, 0.2) is 0 Å². The van der Waals surface area contributed by atoms with Crippen molar-refractivity contribution in [1.82, 2.24) is 9.55 Å². The third-order valence-electron chi connectivity index (χ3n) is 3.06. The second-order valence-corrected chi connectivity index (χ2v) is 4.61. The summed E-state index contributed by atoms with van der Waals surface area (Å²) in [6.45, 7) is 2.10. The van der Waals surface area contributed by atoms with Gasteiger partial charge in [-0.2, -0.15) is 0 Å². The Morgan fingerprint density at radius 3 is 2.56 bits per heavy atom. The Bertz CT molecular complexity index is 775. The molecule has 0 atom stereocenters. The fourth-order valence-electron chi connectivity index (χ4n) is 2.13. The van der Waals surface area contributed by atoms with Gasteiger partial charge in [0.25, 0.3) is 0 Å². The van der Waals surface area contributed by atoms with E-state index in [4.69, 9.17) is 12.2 Å². The Labute approximate surface area is 111 Å². The minimum Gasteiger partial charge on any atom is -0.300 e. The van der Waals surface area contributed by atoms with Gasteiger partial charge in [-0.3, -0.25) is 0 Å². The van der Waals surface area contributed by atoms with Gasteiger partial charge in [-0.1, -0.05) is 42.5 Å². The topological polar surface area (TPSA) is 17.8 Å². The Balaban J connectivity index is 2.41. The number of nitrogens with zero attached hydrogens (tertiary/aromatic N) is 2. The van der Waals surface area contributed by atoms with E-state index < -0.39 is 0 Å². The van der Waals surface area contributed by atoms with Crippen LogP contribution in [0.1, 0.15) is 5.56 Å². The van der Waals surface area contributed by atoms with Crippen molar-refractivity contribution < 1.29 is 0 Å². The number of hydrogen-bond donors (Lipinski definition) is 0. The summed E-state index contributed by atoms with van der Waals surface area (Å²) in [5.41, 5.74) is 3.44. The predicted octanol–water partition coefficient (Wildman–Crippen LogP) is 4.06. The Morgan fingerprint density at radius 1 is 1.00 bits per heavy atom. The SMILES string of the molecule is Cc1ccccc1-n1cnc(=S)c2ccccc21. The summed E-state index contributed by atoms with van der Waals surface area (Å²) in [6, 6.07) is 16.3. The molecule has 0 saturated heterocycles. The number of hydrogen-bond acceptors (Lipinski definition) is 2. The third kappa shape index (κ3) is 1.73. The molecule has 0 aliphatic rings. The van der Waals surface area contributed by atoms with Gasteiger partial charge in [-0.25, -0.2) is 4.98 Å². The lowest BCUT2D eigenvalue weighted by Crippen LogP contribution is -2.00. The molecule has 3 aromatic rings. The van der Waals surface area contributed by atoms with Crippen LogP contribution in [-0.2, 0) is 0 Å². The zero-order valence-electron chi connectivity index (χ0n) is 10.00. The van der Waals surface area contributed by atoms with Crippen molar-refractivity contribution in [2.75, 3.05) is 0 Å². The number of benzene rings is 2. The monoisotopic (exact) mass is 252 g/mol. The summed E-state index contributed by atoms with van der Waals surface area (Å²) < 4.78 is 2.73. The van der Waals surface area contributed by atoms with Crippen LogP contribution in [-0.4, -0.2) is 9.55 Å². The van der Waals surface area contributed by atoms with Crippen LogP contribution >= 0.6 is 12.2 Å². The molecule has 0 bridgehead atoms. The first-order chi connectivity index (χ1) is 8.77. The summed E-state index contributed by atoms with van der Waals surface area (Å²) in [5, 5.41) is 1.01. The predicted molar refractivity (Wildman–Crippen MR) is 76.6 cm³/mol. The zero-order chi connectivity index (χ0) is 12.5. The van der Waals surface area contributed by atoms with Crippen LogP contribution in [0.5, 0.6) is 0 Å². The smallest absolute Gasteiger partial charge is 0.137 e. The van der Waals surface area contributed by atoms with Crippen LogP contribution < -0.4 is 0 Å². The van der Waals surface area contributed by atoms with Crippen LogP contribution in [0.4, 0.5) is 0 Å². The van der Waals surface area contributed by atoms with Crippen molar-refractivity contribution in [3.05, 3.63) is 65.1 Å². The van der Waals surface area contributed by atoms with E-state index in [0.717, 1.165) is 16.6 Å². The van der Waals surface area contributed by atoms with E-state index in [1.54, 1.807) is 6.33 Å². The van der Waals surface area contributed by atoms with Crippen molar-refractivity contribution in [3.63, 3.8) is 0 Å². The summed E-state index contributed by atoms with van der Waals surface area (Å²) in [6.07, 6.45) is 1.80. The van der Waals surface area contributed by atoms with Crippen molar-refractivity contribution in [2.24, 2.45) is 0 Å². The highest BCUT2D eigenvalue weighted by Crippen LogP contribution is 2.20. The molecule has 2 nitrogen and oxygen atoms in total. The molecule has 18 heavy (non-hydrogen) atoms. The van der Waals surface area contributed by atoms with E-state index in [0.29, 0.717) is 4.64 Å². The molecule has 0 radical (unpaired) electrons. The lowest BCUT2D eigenvalue weighted by Gasteiger charge is -2.12. The van der Waals surface area contributed by atoms with E-state index in [9.17, 15) is 0 Å². The molecule has 0 spiro atoms. The second-order valence-electron chi connectivity index (χ2n) is 4.22. The molecule has 88 valence electrons. The van der Waals surface area contributed by atoms with Gasteiger partial charge < -0.3 is 4.57 Å². The van der Waals surface area contributed by atoms with E-state index in [-0.39, 0.29) is 0 Å². The molecule has 1 heterocycles. The minimum atomic E-state index is 0.649. The molecular weight excluding hydrogens is 240 g/mol. The Hall–Kier alpha value is -2.00. The number of para-hydroxylation sites is 2. The van der Waals surface area contributed by atoms with E-state index >= 15 is 0 Å². The average molecular weight is 252 g/mol. The van der Waals surface area contributed by atoms with Gasteiger partial charge in [0, 0.05) is 11.1 Å². The maximum Gasteiger partial charge on any atom is 0.137 e. The van der Waals surface area contributed by atoms with Gasteiger partial charge >= 0.3 is 0 Å². The number of aromatic nitrogens is 2. The van der Waals surface area contributed by atoms with Gasteiger partial charge in [0.2, 0.25) is 0 Å². The van der Waals surface area contributed by atoms with Crippen molar-refractivity contribution in [2.45, 2.75) is 6.92 Å². The molecule has 0 N–H and O–H groups in total. The fraction of sp³-hybridized carbons (Fsp3) is 0.0667. The molecule has 0 saturated carbocycles. The zero-order valence-corrected chi connectivity index (χ0v) is 10.8.